The van der Waals surface area contributed by atoms with E-state index in [0.717, 1.165) is 17.2 Å². The third-order valence-electron chi connectivity index (χ3n) is 4.30. The number of rotatable bonds is 6. The maximum Gasteiger partial charge on any atom is 0.254 e. The van der Waals surface area contributed by atoms with Gasteiger partial charge in [0.2, 0.25) is 5.95 Å². The summed E-state index contributed by atoms with van der Waals surface area (Å²) in [6, 6.07) is 11.7. The average Bonchev–Trinajstić information content (AvgIpc) is 3.15. The quantitative estimate of drug-likeness (QED) is 0.368. The molecule has 0 aliphatic rings. The fourth-order valence-electron chi connectivity index (χ4n) is 2.79. The van der Waals surface area contributed by atoms with Crippen LogP contribution in [-0.4, -0.2) is 40.7 Å². The third kappa shape index (κ3) is 4.05. The summed E-state index contributed by atoms with van der Waals surface area (Å²) in [4.78, 5) is 20.5. The molecular weight excluding hydrogens is 406 g/mol. The number of carbonyl (C=O) groups is 1. The van der Waals surface area contributed by atoms with Crippen molar-refractivity contribution in [2.45, 2.75) is 4.90 Å². The first kappa shape index (κ1) is 19.3. The first-order chi connectivity index (χ1) is 14.3. The van der Waals surface area contributed by atoms with Gasteiger partial charge in [-0.2, -0.15) is 10.1 Å². The molecule has 30 heavy (non-hydrogen) atoms. The number of H-pyrrole nitrogens is 1. The highest BCUT2D eigenvalue weighted by atomic mass is 32.2. The number of anilines is 4. The van der Waals surface area contributed by atoms with Crippen LogP contribution < -0.4 is 16.4 Å². The van der Waals surface area contributed by atoms with Crippen LogP contribution in [-0.2, 0) is 9.84 Å². The summed E-state index contributed by atoms with van der Waals surface area (Å²) < 4.78 is 23.2. The SMILES string of the molecule is CS(=O)(=O)c1ccc(Nc2ncc(C(N)=O)c(Nc3ccc4[nH]ncc4c3)n2)cc1. The number of fused-ring (bicyclic) bond motifs is 1. The minimum Gasteiger partial charge on any atom is -0.365 e. The van der Waals surface area contributed by atoms with Crippen LogP contribution in [0.1, 0.15) is 10.4 Å². The standard InChI is InChI=1S/C19H17N7O3S/c1-30(28,29)14-5-2-12(3-6-14)24-19-21-10-15(17(20)27)18(25-19)23-13-4-7-16-11(8-13)9-22-26-16/h2-10H,1H3,(H2,20,27)(H,22,26)(H2,21,23,24,25). The summed E-state index contributed by atoms with van der Waals surface area (Å²) in [6.45, 7) is 0. The van der Waals surface area contributed by atoms with Gasteiger partial charge >= 0.3 is 0 Å². The lowest BCUT2D eigenvalue weighted by molar-refractivity contribution is 0.100. The average molecular weight is 423 g/mol. The van der Waals surface area contributed by atoms with Crippen LogP contribution in [0.4, 0.5) is 23.1 Å². The van der Waals surface area contributed by atoms with Gasteiger partial charge in [-0.3, -0.25) is 9.89 Å². The predicted octanol–water partition coefficient (Wildman–Crippen LogP) is 2.34. The molecule has 11 heteroatoms. The van der Waals surface area contributed by atoms with E-state index in [1.165, 1.54) is 18.3 Å². The van der Waals surface area contributed by atoms with E-state index in [4.69, 9.17) is 5.73 Å². The Bertz CT molecular complexity index is 1350. The number of nitrogens with one attached hydrogen (secondary N) is 3. The molecule has 0 radical (unpaired) electrons. The lowest BCUT2D eigenvalue weighted by atomic mass is 10.2. The molecule has 0 bridgehead atoms. The van der Waals surface area contributed by atoms with Crippen molar-refractivity contribution >= 4 is 49.8 Å². The molecule has 0 unspecified atom stereocenters. The minimum absolute atomic E-state index is 0.125. The molecule has 152 valence electrons. The van der Waals surface area contributed by atoms with Crippen molar-refractivity contribution in [3.05, 3.63) is 60.4 Å². The molecule has 4 aromatic rings. The zero-order chi connectivity index (χ0) is 21.3. The molecule has 10 nitrogen and oxygen atoms in total. The van der Waals surface area contributed by atoms with Crippen molar-refractivity contribution in [3.8, 4) is 0 Å². The highest BCUT2D eigenvalue weighted by Gasteiger charge is 2.14. The van der Waals surface area contributed by atoms with Gasteiger partial charge in [-0.15, -0.1) is 0 Å². The number of benzene rings is 2. The molecule has 0 fully saturated rings. The monoisotopic (exact) mass is 423 g/mol. The Balaban J connectivity index is 1.63. The zero-order valence-corrected chi connectivity index (χ0v) is 16.6. The number of amides is 1. The first-order valence-corrected chi connectivity index (χ1v) is 10.6. The molecule has 2 aromatic heterocycles. The molecule has 0 saturated heterocycles. The van der Waals surface area contributed by atoms with Crippen LogP contribution in [0.15, 0.2) is 59.8 Å². The van der Waals surface area contributed by atoms with Crippen LogP contribution in [0.5, 0.6) is 0 Å². The van der Waals surface area contributed by atoms with Crippen LogP contribution in [0.25, 0.3) is 10.9 Å². The maximum atomic E-state index is 11.8. The number of nitrogens with zero attached hydrogens (tertiary/aromatic N) is 3. The van der Waals surface area contributed by atoms with E-state index in [1.54, 1.807) is 18.3 Å². The van der Waals surface area contributed by atoms with Crippen molar-refractivity contribution in [1.82, 2.24) is 20.2 Å². The lowest BCUT2D eigenvalue weighted by Crippen LogP contribution is -2.15. The maximum absolute atomic E-state index is 11.8. The summed E-state index contributed by atoms with van der Waals surface area (Å²) in [6.07, 6.45) is 4.14. The van der Waals surface area contributed by atoms with Crippen LogP contribution in [0, 0.1) is 0 Å². The number of nitrogens with two attached hydrogens (primary N) is 1. The van der Waals surface area contributed by atoms with E-state index >= 15 is 0 Å². The second-order valence-electron chi connectivity index (χ2n) is 6.54. The van der Waals surface area contributed by atoms with Gasteiger partial charge in [0.15, 0.2) is 9.84 Å². The Kier molecular flexibility index (Phi) is 4.80. The van der Waals surface area contributed by atoms with Crippen molar-refractivity contribution in [3.63, 3.8) is 0 Å². The fourth-order valence-corrected chi connectivity index (χ4v) is 3.42. The van der Waals surface area contributed by atoms with Crippen molar-refractivity contribution < 1.29 is 13.2 Å². The minimum atomic E-state index is -3.29. The number of sulfone groups is 1. The van der Waals surface area contributed by atoms with Gasteiger partial charge < -0.3 is 16.4 Å². The van der Waals surface area contributed by atoms with E-state index in [-0.39, 0.29) is 22.2 Å². The second kappa shape index (κ2) is 7.44. The van der Waals surface area contributed by atoms with Gasteiger partial charge in [0.1, 0.15) is 11.4 Å². The Morgan fingerprint density at radius 1 is 1.03 bits per heavy atom. The highest BCUT2D eigenvalue weighted by Crippen LogP contribution is 2.24. The van der Waals surface area contributed by atoms with Crippen molar-refractivity contribution in [2.24, 2.45) is 5.73 Å². The summed E-state index contributed by atoms with van der Waals surface area (Å²) >= 11 is 0. The topological polar surface area (TPSA) is 156 Å². The molecule has 2 aromatic carbocycles. The lowest BCUT2D eigenvalue weighted by Gasteiger charge is -2.12. The summed E-state index contributed by atoms with van der Waals surface area (Å²) in [7, 11) is -3.29. The Labute approximate surface area is 171 Å². The highest BCUT2D eigenvalue weighted by molar-refractivity contribution is 7.90. The predicted molar refractivity (Wildman–Crippen MR) is 113 cm³/mol. The second-order valence-corrected chi connectivity index (χ2v) is 8.55. The van der Waals surface area contributed by atoms with Gasteiger partial charge in [0, 0.05) is 29.2 Å². The van der Waals surface area contributed by atoms with Crippen LogP contribution in [0.3, 0.4) is 0 Å². The van der Waals surface area contributed by atoms with Gasteiger partial charge in [-0.1, -0.05) is 0 Å². The molecule has 4 rings (SSSR count). The summed E-state index contributed by atoms with van der Waals surface area (Å²) in [5, 5.41) is 13.8. The van der Waals surface area contributed by atoms with Crippen LogP contribution >= 0.6 is 0 Å². The fraction of sp³-hybridized carbons (Fsp3) is 0.0526. The Morgan fingerprint density at radius 3 is 2.47 bits per heavy atom. The van der Waals surface area contributed by atoms with E-state index in [0.29, 0.717) is 11.4 Å². The van der Waals surface area contributed by atoms with Crippen molar-refractivity contribution in [1.29, 1.82) is 0 Å². The number of aromatic amines is 1. The van der Waals surface area contributed by atoms with Gasteiger partial charge in [-0.05, 0) is 42.5 Å². The molecule has 0 aliphatic heterocycles. The van der Waals surface area contributed by atoms with Gasteiger partial charge in [0.05, 0.1) is 16.6 Å². The van der Waals surface area contributed by atoms with E-state index in [2.05, 4.69) is 30.8 Å². The number of carbonyl (C=O) groups excluding carboxylic acids is 1. The van der Waals surface area contributed by atoms with E-state index in [1.807, 2.05) is 18.2 Å². The first-order valence-electron chi connectivity index (χ1n) is 8.74. The number of aromatic nitrogens is 4. The number of hydrogen-bond acceptors (Lipinski definition) is 8. The number of primary amides is 1. The van der Waals surface area contributed by atoms with E-state index < -0.39 is 15.7 Å². The smallest absolute Gasteiger partial charge is 0.254 e. The third-order valence-corrected chi connectivity index (χ3v) is 5.42. The Hall–Kier alpha value is -3.99. The zero-order valence-electron chi connectivity index (χ0n) is 15.7. The van der Waals surface area contributed by atoms with Crippen molar-refractivity contribution in [2.75, 3.05) is 16.9 Å². The molecule has 0 saturated carbocycles. The normalized spacial score (nSPS) is 11.4. The Morgan fingerprint density at radius 2 is 1.77 bits per heavy atom. The largest absolute Gasteiger partial charge is 0.365 e. The molecule has 0 atom stereocenters. The molecule has 0 spiro atoms. The number of hydrogen-bond donors (Lipinski definition) is 4. The summed E-state index contributed by atoms with van der Waals surface area (Å²) in [5.74, 6) is -0.236. The van der Waals surface area contributed by atoms with E-state index in [9.17, 15) is 13.2 Å². The molecule has 5 N–H and O–H groups in total. The summed E-state index contributed by atoms with van der Waals surface area (Å²) in [5.41, 5.74) is 7.72. The molecule has 1 amide bonds. The van der Waals surface area contributed by atoms with Gasteiger partial charge in [0.25, 0.3) is 5.91 Å². The molecule has 0 aliphatic carbocycles. The van der Waals surface area contributed by atoms with Gasteiger partial charge in [-0.25, -0.2) is 13.4 Å². The molecule has 2 heterocycles. The molecular formula is C19H17N7O3S. The van der Waals surface area contributed by atoms with Crippen LogP contribution in [0.2, 0.25) is 0 Å².